The highest BCUT2D eigenvalue weighted by Gasteiger charge is 2.16. The first-order chi connectivity index (χ1) is 11.0. The molecule has 1 aromatic carbocycles. The van der Waals surface area contributed by atoms with Crippen LogP contribution in [-0.4, -0.2) is 17.5 Å². The molecule has 0 radical (unpaired) electrons. The number of aromatic nitrogens is 1. The first kappa shape index (κ1) is 16.3. The summed E-state index contributed by atoms with van der Waals surface area (Å²) in [6, 6.07) is 11.2. The Hall–Kier alpha value is -3.07. The summed E-state index contributed by atoms with van der Waals surface area (Å²) in [5.74, 6) is -0.292. The van der Waals surface area contributed by atoms with Crippen LogP contribution in [0.15, 0.2) is 30.3 Å². The topological polar surface area (TPSA) is 101 Å². The van der Waals surface area contributed by atoms with Crippen molar-refractivity contribution >= 4 is 11.6 Å². The second-order valence-electron chi connectivity index (χ2n) is 4.99. The van der Waals surface area contributed by atoms with Crippen LogP contribution in [0.3, 0.4) is 0 Å². The molecule has 0 aliphatic carbocycles. The molecule has 0 fully saturated rings. The van der Waals surface area contributed by atoms with Crippen LogP contribution in [0.4, 0.5) is 5.69 Å². The Labute approximate surface area is 134 Å². The van der Waals surface area contributed by atoms with Gasteiger partial charge in [0.25, 0.3) is 5.91 Å². The molecule has 0 saturated heterocycles. The van der Waals surface area contributed by atoms with Gasteiger partial charge in [-0.3, -0.25) is 4.79 Å². The largest absolute Gasteiger partial charge is 0.477 e. The fraction of sp³-hybridized carbons (Fsp3) is 0.235. The molecule has 118 valence electrons. The number of anilines is 1. The number of pyridine rings is 1. The summed E-state index contributed by atoms with van der Waals surface area (Å²) in [7, 11) is 0. The molecule has 0 spiro atoms. The Morgan fingerprint density at radius 2 is 2.22 bits per heavy atom. The number of nitriles is 1. The summed E-state index contributed by atoms with van der Waals surface area (Å²) in [5.41, 5.74) is 8.35. The van der Waals surface area contributed by atoms with Crippen molar-refractivity contribution in [3.05, 3.63) is 52.7 Å². The molecule has 0 aliphatic heterocycles. The number of benzene rings is 1. The highest BCUT2D eigenvalue weighted by Crippen LogP contribution is 2.22. The van der Waals surface area contributed by atoms with Crippen LogP contribution in [-0.2, 0) is 6.54 Å². The van der Waals surface area contributed by atoms with Crippen molar-refractivity contribution in [2.24, 2.45) is 0 Å². The van der Waals surface area contributed by atoms with Gasteiger partial charge in [0.05, 0.1) is 12.3 Å². The number of hydrogen-bond acceptors (Lipinski definition) is 5. The van der Waals surface area contributed by atoms with Crippen LogP contribution in [0.25, 0.3) is 0 Å². The van der Waals surface area contributed by atoms with Crippen molar-refractivity contribution in [1.29, 1.82) is 5.26 Å². The molecule has 0 unspecified atom stereocenters. The Balaban J connectivity index is 2.17. The van der Waals surface area contributed by atoms with Gasteiger partial charge in [0.2, 0.25) is 5.88 Å². The number of carbonyl (C=O) groups excluding carboxylic acids is 1. The van der Waals surface area contributed by atoms with E-state index in [0.29, 0.717) is 13.2 Å². The predicted molar refractivity (Wildman–Crippen MR) is 86.9 cm³/mol. The molecule has 2 aromatic rings. The van der Waals surface area contributed by atoms with Crippen LogP contribution in [0.5, 0.6) is 5.88 Å². The minimum Gasteiger partial charge on any atom is -0.477 e. The number of hydrogen-bond donors (Lipinski definition) is 2. The summed E-state index contributed by atoms with van der Waals surface area (Å²) >= 11 is 0. The summed E-state index contributed by atoms with van der Waals surface area (Å²) in [6.45, 7) is 4.47. The van der Waals surface area contributed by atoms with Gasteiger partial charge in [0.15, 0.2) is 0 Å². The Bertz CT molecular complexity index is 766. The average Bonchev–Trinajstić information content (AvgIpc) is 2.52. The summed E-state index contributed by atoms with van der Waals surface area (Å²) in [6.07, 6.45) is 0. The van der Waals surface area contributed by atoms with E-state index in [-0.39, 0.29) is 28.7 Å². The molecule has 3 N–H and O–H groups in total. The lowest BCUT2D eigenvalue weighted by Gasteiger charge is -2.10. The van der Waals surface area contributed by atoms with Gasteiger partial charge >= 0.3 is 0 Å². The van der Waals surface area contributed by atoms with Crippen molar-refractivity contribution in [1.82, 2.24) is 10.3 Å². The van der Waals surface area contributed by atoms with Gasteiger partial charge in [-0.05, 0) is 25.5 Å². The van der Waals surface area contributed by atoms with E-state index in [0.717, 1.165) is 11.1 Å². The molecular weight excluding hydrogens is 292 g/mol. The van der Waals surface area contributed by atoms with E-state index < -0.39 is 0 Å². The van der Waals surface area contributed by atoms with Crippen LogP contribution in [0.1, 0.15) is 34.1 Å². The zero-order valence-corrected chi connectivity index (χ0v) is 13.1. The van der Waals surface area contributed by atoms with Gasteiger partial charge < -0.3 is 15.8 Å². The van der Waals surface area contributed by atoms with E-state index in [1.807, 2.05) is 37.3 Å². The minimum absolute atomic E-state index is 0.0794. The van der Waals surface area contributed by atoms with Crippen LogP contribution < -0.4 is 15.8 Å². The summed E-state index contributed by atoms with van der Waals surface area (Å²) < 4.78 is 5.28. The molecule has 23 heavy (non-hydrogen) atoms. The first-order valence-corrected chi connectivity index (χ1v) is 7.22. The third-order valence-electron chi connectivity index (χ3n) is 3.18. The first-order valence-electron chi connectivity index (χ1n) is 7.22. The maximum absolute atomic E-state index is 12.2. The lowest BCUT2D eigenvalue weighted by atomic mass is 10.1. The number of rotatable bonds is 5. The number of amides is 1. The van der Waals surface area contributed by atoms with Gasteiger partial charge in [-0.1, -0.05) is 29.8 Å². The quantitative estimate of drug-likeness (QED) is 0.881. The van der Waals surface area contributed by atoms with E-state index in [4.69, 9.17) is 15.7 Å². The van der Waals surface area contributed by atoms with Crippen molar-refractivity contribution in [2.75, 3.05) is 12.3 Å². The summed E-state index contributed by atoms with van der Waals surface area (Å²) in [4.78, 5) is 16.3. The highest BCUT2D eigenvalue weighted by atomic mass is 16.5. The van der Waals surface area contributed by atoms with Gasteiger partial charge in [-0.15, -0.1) is 0 Å². The van der Waals surface area contributed by atoms with Crippen LogP contribution >= 0.6 is 0 Å². The maximum Gasteiger partial charge on any atom is 0.270 e. The van der Waals surface area contributed by atoms with E-state index in [1.165, 1.54) is 6.07 Å². The van der Waals surface area contributed by atoms with Gasteiger partial charge in [-0.2, -0.15) is 5.26 Å². The zero-order valence-electron chi connectivity index (χ0n) is 13.1. The van der Waals surface area contributed by atoms with E-state index in [2.05, 4.69) is 10.3 Å². The van der Waals surface area contributed by atoms with E-state index >= 15 is 0 Å². The van der Waals surface area contributed by atoms with Crippen molar-refractivity contribution in [2.45, 2.75) is 20.4 Å². The molecule has 0 bridgehead atoms. The molecule has 0 aliphatic rings. The van der Waals surface area contributed by atoms with E-state index in [1.54, 1.807) is 6.92 Å². The fourth-order valence-corrected chi connectivity index (χ4v) is 2.11. The van der Waals surface area contributed by atoms with Crippen LogP contribution in [0, 0.1) is 18.3 Å². The average molecular weight is 310 g/mol. The van der Waals surface area contributed by atoms with Crippen molar-refractivity contribution in [3.8, 4) is 11.9 Å². The molecular formula is C17H18N4O2. The molecule has 0 saturated carbocycles. The van der Waals surface area contributed by atoms with E-state index in [9.17, 15) is 4.79 Å². The number of nitrogen functional groups attached to an aromatic ring is 1. The third-order valence-corrected chi connectivity index (χ3v) is 3.18. The SMILES string of the molecule is CCOc1nc(C(=O)NCc2cccc(C)c2)cc(N)c1C#N. The molecule has 0 atom stereocenters. The number of nitrogens with two attached hydrogens (primary N) is 1. The van der Waals surface area contributed by atoms with Crippen LogP contribution in [0.2, 0.25) is 0 Å². The smallest absolute Gasteiger partial charge is 0.270 e. The lowest BCUT2D eigenvalue weighted by Crippen LogP contribution is -2.24. The molecule has 1 amide bonds. The number of nitrogens with one attached hydrogen (secondary N) is 1. The summed E-state index contributed by atoms with van der Waals surface area (Å²) in [5, 5.41) is 11.9. The lowest BCUT2D eigenvalue weighted by molar-refractivity contribution is 0.0945. The Morgan fingerprint density at radius 1 is 1.43 bits per heavy atom. The number of carbonyl (C=O) groups is 1. The third kappa shape index (κ3) is 3.98. The standard InChI is InChI=1S/C17H18N4O2/c1-3-23-17-13(9-18)14(19)8-15(21-17)16(22)20-10-12-6-4-5-11(2)7-12/h4-8H,3,10H2,1-2H3,(H2,19,21)(H,20,22). The molecule has 1 heterocycles. The maximum atomic E-state index is 12.2. The number of aryl methyl sites for hydroxylation is 1. The monoisotopic (exact) mass is 310 g/mol. The normalized spacial score (nSPS) is 9.96. The Kier molecular flexibility index (Phi) is 5.15. The van der Waals surface area contributed by atoms with Gasteiger partial charge in [0.1, 0.15) is 17.3 Å². The Morgan fingerprint density at radius 3 is 2.87 bits per heavy atom. The highest BCUT2D eigenvalue weighted by molar-refractivity contribution is 5.93. The molecule has 6 heteroatoms. The fourth-order valence-electron chi connectivity index (χ4n) is 2.11. The zero-order chi connectivity index (χ0) is 16.8. The van der Waals surface area contributed by atoms with Crippen molar-refractivity contribution in [3.63, 3.8) is 0 Å². The second kappa shape index (κ2) is 7.27. The number of nitrogens with zero attached hydrogens (tertiary/aromatic N) is 2. The second-order valence-corrected chi connectivity index (χ2v) is 4.99. The molecule has 6 nitrogen and oxygen atoms in total. The minimum atomic E-state index is -0.372. The molecule has 1 aromatic heterocycles. The number of ether oxygens (including phenoxy) is 1. The predicted octanol–water partition coefficient (Wildman–Crippen LogP) is 2.17. The van der Waals surface area contributed by atoms with Gasteiger partial charge in [-0.25, -0.2) is 4.98 Å². The van der Waals surface area contributed by atoms with Gasteiger partial charge in [0, 0.05) is 6.54 Å². The van der Waals surface area contributed by atoms with Crippen molar-refractivity contribution < 1.29 is 9.53 Å². The molecule has 2 rings (SSSR count).